The second kappa shape index (κ2) is 7.39. The molecule has 0 aliphatic carbocycles. The molecule has 8 heteroatoms. The largest absolute Gasteiger partial charge is 0.416 e. The van der Waals surface area contributed by atoms with Crippen molar-refractivity contribution in [3.8, 4) is 0 Å². The van der Waals surface area contributed by atoms with Gasteiger partial charge in [0.2, 0.25) is 0 Å². The van der Waals surface area contributed by atoms with Gasteiger partial charge >= 0.3 is 6.18 Å². The molecule has 0 spiro atoms. The molecule has 0 aliphatic heterocycles. The smallest absolute Gasteiger partial charge is 0.339 e. The first-order valence-electron chi connectivity index (χ1n) is 9.57. The summed E-state index contributed by atoms with van der Waals surface area (Å²) in [5.41, 5.74) is 3.13. The fraction of sp³-hybridized carbons (Fsp3) is 0.0870. The molecule has 5 rings (SSSR count). The first kappa shape index (κ1) is 19.0. The number of halogens is 3. The average Bonchev–Trinajstić information content (AvgIpc) is 3.15. The molecule has 0 saturated carbocycles. The zero-order valence-electron chi connectivity index (χ0n) is 16.1. The first-order chi connectivity index (χ1) is 15.0. The summed E-state index contributed by atoms with van der Waals surface area (Å²) < 4.78 is 40.6. The Labute approximate surface area is 175 Å². The summed E-state index contributed by atoms with van der Waals surface area (Å²) in [6.07, 6.45) is -0.285. The van der Waals surface area contributed by atoms with Crippen LogP contribution in [0.2, 0.25) is 0 Å². The Morgan fingerprint density at radius 1 is 0.903 bits per heavy atom. The van der Waals surface area contributed by atoms with Crippen LogP contribution < -0.4 is 5.32 Å². The Hall–Kier alpha value is -3.94. The first-order valence-corrected chi connectivity index (χ1v) is 9.57. The zero-order chi connectivity index (χ0) is 21.4. The van der Waals surface area contributed by atoms with E-state index in [2.05, 4.69) is 26.4 Å². The van der Waals surface area contributed by atoms with Crippen molar-refractivity contribution >= 4 is 28.1 Å². The van der Waals surface area contributed by atoms with E-state index in [1.807, 2.05) is 24.3 Å². The van der Waals surface area contributed by atoms with Gasteiger partial charge in [0, 0.05) is 23.7 Å². The number of benzene rings is 2. The molecule has 0 fully saturated rings. The molecule has 0 aliphatic rings. The van der Waals surface area contributed by atoms with Gasteiger partial charge < -0.3 is 5.32 Å². The van der Waals surface area contributed by atoms with Gasteiger partial charge in [-0.3, -0.25) is 4.98 Å². The number of aromatic nitrogens is 4. The molecule has 0 saturated heterocycles. The molecule has 154 valence electrons. The van der Waals surface area contributed by atoms with Crippen molar-refractivity contribution in [2.45, 2.75) is 12.6 Å². The van der Waals surface area contributed by atoms with Gasteiger partial charge in [-0.1, -0.05) is 18.2 Å². The third-order valence-corrected chi connectivity index (χ3v) is 4.95. The lowest BCUT2D eigenvalue weighted by Gasteiger charge is -2.10. The minimum absolute atomic E-state index is 0.311. The lowest BCUT2D eigenvalue weighted by molar-refractivity contribution is -0.137. The van der Waals surface area contributed by atoms with Crippen LogP contribution in [0, 0.1) is 0 Å². The number of hydrogen-bond acceptors (Lipinski definition) is 4. The van der Waals surface area contributed by atoms with Crippen LogP contribution in [-0.2, 0) is 12.6 Å². The topological polar surface area (TPSA) is 55.1 Å². The predicted molar refractivity (Wildman–Crippen MR) is 112 cm³/mol. The van der Waals surface area contributed by atoms with Crippen molar-refractivity contribution in [3.05, 3.63) is 95.9 Å². The maximum Gasteiger partial charge on any atom is 0.416 e. The molecular formula is C23H16F3N5. The highest BCUT2D eigenvalue weighted by Crippen LogP contribution is 2.31. The highest BCUT2D eigenvalue weighted by atomic mass is 19.4. The van der Waals surface area contributed by atoms with E-state index in [-0.39, 0.29) is 0 Å². The molecule has 0 radical (unpaired) electrons. The van der Waals surface area contributed by atoms with E-state index < -0.39 is 11.7 Å². The second-order valence-corrected chi connectivity index (χ2v) is 7.15. The van der Waals surface area contributed by atoms with E-state index in [4.69, 9.17) is 0 Å². The molecule has 3 aromatic heterocycles. The molecule has 5 aromatic rings. The Morgan fingerprint density at radius 2 is 1.81 bits per heavy atom. The predicted octanol–water partition coefficient (Wildman–Crippen LogP) is 5.63. The van der Waals surface area contributed by atoms with Crippen LogP contribution >= 0.6 is 0 Å². The van der Waals surface area contributed by atoms with Gasteiger partial charge in [0.1, 0.15) is 0 Å². The number of nitrogens with one attached hydrogen (secondary N) is 1. The fourth-order valence-corrected chi connectivity index (χ4v) is 3.47. The van der Waals surface area contributed by atoms with Crippen molar-refractivity contribution in [3.63, 3.8) is 0 Å². The average molecular weight is 419 g/mol. The number of nitrogens with zero attached hydrogens (tertiary/aromatic N) is 4. The maximum atomic E-state index is 13.0. The van der Waals surface area contributed by atoms with Crippen LogP contribution in [0.3, 0.4) is 0 Å². The van der Waals surface area contributed by atoms with E-state index in [1.165, 1.54) is 6.07 Å². The normalized spacial score (nSPS) is 11.8. The van der Waals surface area contributed by atoms with E-state index >= 15 is 0 Å². The molecule has 0 unspecified atom stereocenters. The monoisotopic (exact) mass is 419 g/mol. The van der Waals surface area contributed by atoms with Crippen molar-refractivity contribution < 1.29 is 13.2 Å². The zero-order valence-corrected chi connectivity index (χ0v) is 16.1. The third-order valence-electron chi connectivity index (χ3n) is 4.95. The van der Waals surface area contributed by atoms with E-state index in [9.17, 15) is 13.2 Å². The molecule has 0 atom stereocenters. The maximum absolute atomic E-state index is 13.0. The van der Waals surface area contributed by atoms with Gasteiger partial charge in [-0.05, 0) is 54.1 Å². The molecule has 0 amide bonds. The minimum atomic E-state index is -4.40. The highest BCUT2D eigenvalue weighted by Gasteiger charge is 2.30. The van der Waals surface area contributed by atoms with E-state index in [1.54, 1.807) is 35.1 Å². The SMILES string of the molecule is FC(F)(F)c1cccc(Nc2ccc3ncc(Cc4ccc5ncccc5c4)n3n2)c1. The summed E-state index contributed by atoms with van der Waals surface area (Å²) in [5.74, 6) is 0.425. The number of rotatable bonds is 4. The van der Waals surface area contributed by atoms with Gasteiger partial charge in [0.25, 0.3) is 0 Å². The number of imidazole rings is 1. The van der Waals surface area contributed by atoms with Crippen molar-refractivity contribution in [1.29, 1.82) is 0 Å². The lowest BCUT2D eigenvalue weighted by Crippen LogP contribution is -2.06. The molecule has 31 heavy (non-hydrogen) atoms. The van der Waals surface area contributed by atoms with Gasteiger partial charge in [-0.25, -0.2) is 9.50 Å². The highest BCUT2D eigenvalue weighted by molar-refractivity contribution is 5.79. The minimum Gasteiger partial charge on any atom is -0.339 e. The van der Waals surface area contributed by atoms with Crippen LogP contribution in [-0.4, -0.2) is 19.6 Å². The summed E-state index contributed by atoms with van der Waals surface area (Å²) in [6.45, 7) is 0. The van der Waals surface area contributed by atoms with Crippen LogP contribution in [0.25, 0.3) is 16.6 Å². The van der Waals surface area contributed by atoms with E-state index in [0.717, 1.165) is 34.3 Å². The summed E-state index contributed by atoms with van der Waals surface area (Å²) >= 11 is 0. The van der Waals surface area contributed by atoms with Gasteiger partial charge in [0.05, 0.1) is 23.0 Å². The van der Waals surface area contributed by atoms with Crippen LogP contribution in [0.15, 0.2) is 79.1 Å². The van der Waals surface area contributed by atoms with E-state index in [0.29, 0.717) is 23.6 Å². The second-order valence-electron chi connectivity index (χ2n) is 7.15. The molecule has 3 heterocycles. The summed E-state index contributed by atoms with van der Waals surface area (Å²) in [5, 5.41) is 8.53. The Balaban J connectivity index is 1.44. The number of fused-ring (bicyclic) bond motifs is 2. The number of pyridine rings is 1. The quantitative estimate of drug-likeness (QED) is 0.410. The van der Waals surface area contributed by atoms with Crippen molar-refractivity contribution in [2.75, 3.05) is 5.32 Å². The summed E-state index contributed by atoms with van der Waals surface area (Å²) in [6, 6.07) is 18.5. The number of hydrogen-bond donors (Lipinski definition) is 1. The Bertz CT molecular complexity index is 1390. The van der Waals surface area contributed by atoms with Crippen LogP contribution in [0.5, 0.6) is 0 Å². The number of anilines is 2. The number of alkyl halides is 3. The van der Waals surface area contributed by atoms with Gasteiger partial charge in [-0.2, -0.15) is 13.2 Å². The summed E-state index contributed by atoms with van der Waals surface area (Å²) in [4.78, 5) is 8.72. The molecule has 0 bridgehead atoms. The third kappa shape index (κ3) is 3.92. The Kier molecular flexibility index (Phi) is 4.54. The molecule has 2 aromatic carbocycles. The molecular weight excluding hydrogens is 403 g/mol. The van der Waals surface area contributed by atoms with Crippen molar-refractivity contribution in [2.24, 2.45) is 0 Å². The van der Waals surface area contributed by atoms with Gasteiger partial charge in [0.15, 0.2) is 11.5 Å². The molecule has 1 N–H and O–H groups in total. The Morgan fingerprint density at radius 3 is 2.68 bits per heavy atom. The van der Waals surface area contributed by atoms with Crippen molar-refractivity contribution in [1.82, 2.24) is 19.6 Å². The standard InChI is InChI=1S/C23H16F3N5/c24-23(25,26)17-4-1-5-18(13-17)29-21-8-9-22-28-14-19(31(22)30-21)12-15-6-7-20-16(11-15)3-2-10-27-20/h1-11,13-14H,12H2,(H,29,30). The van der Waals surface area contributed by atoms with Gasteiger partial charge in [-0.15, -0.1) is 5.10 Å². The van der Waals surface area contributed by atoms with Crippen LogP contribution in [0.1, 0.15) is 16.8 Å². The van der Waals surface area contributed by atoms with Crippen LogP contribution in [0.4, 0.5) is 24.7 Å². The summed E-state index contributed by atoms with van der Waals surface area (Å²) in [7, 11) is 0. The fourth-order valence-electron chi connectivity index (χ4n) is 3.47. The molecule has 5 nitrogen and oxygen atoms in total. The lowest BCUT2D eigenvalue weighted by atomic mass is 10.1.